The zero-order valence-electron chi connectivity index (χ0n) is 15.6. The van der Waals surface area contributed by atoms with Crippen molar-refractivity contribution in [3.63, 3.8) is 0 Å². The Labute approximate surface area is 165 Å². The fraction of sp³-hybridized carbons (Fsp3) is 0.0769. The first-order valence-electron chi connectivity index (χ1n) is 9.21. The predicted molar refractivity (Wildman–Crippen MR) is 117 cm³/mol. The first kappa shape index (κ1) is 17.6. The van der Waals surface area contributed by atoms with Gasteiger partial charge in [0.05, 0.1) is 0 Å². The van der Waals surface area contributed by atoms with Crippen LogP contribution in [0.1, 0.15) is 11.1 Å². The molecule has 4 rings (SSSR count). The van der Waals surface area contributed by atoms with Crippen LogP contribution in [0.5, 0.6) is 0 Å². The monoisotopic (exact) mass is 366 g/mol. The Hall–Kier alpha value is -2.77. The van der Waals surface area contributed by atoms with Gasteiger partial charge in [-0.05, 0) is 71.5 Å². The average molecular weight is 367 g/mol. The molecule has 27 heavy (non-hydrogen) atoms. The quantitative estimate of drug-likeness (QED) is 0.355. The smallest absolute Gasteiger partial charge is 0.0128 e. The highest BCUT2D eigenvalue weighted by Crippen LogP contribution is 2.34. The second-order valence-corrected chi connectivity index (χ2v) is 7.93. The molecule has 0 atom stereocenters. The van der Waals surface area contributed by atoms with Gasteiger partial charge in [-0.2, -0.15) is 0 Å². The van der Waals surface area contributed by atoms with Gasteiger partial charge in [-0.15, -0.1) is 0 Å². The highest BCUT2D eigenvalue weighted by atomic mass is 32.2. The van der Waals surface area contributed by atoms with Crippen molar-refractivity contribution in [1.29, 1.82) is 0 Å². The maximum atomic E-state index is 2.29. The van der Waals surface area contributed by atoms with Crippen molar-refractivity contribution >= 4 is 11.8 Å². The fourth-order valence-corrected chi connectivity index (χ4v) is 4.32. The molecular weight excluding hydrogens is 344 g/mol. The van der Waals surface area contributed by atoms with Crippen LogP contribution in [0.25, 0.3) is 22.3 Å². The van der Waals surface area contributed by atoms with E-state index in [1.54, 1.807) is 0 Å². The first-order chi connectivity index (χ1) is 13.2. The van der Waals surface area contributed by atoms with Gasteiger partial charge in [-0.1, -0.05) is 84.6 Å². The Kier molecular flexibility index (Phi) is 5.13. The topological polar surface area (TPSA) is 0 Å². The van der Waals surface area contributed by atoms with E-state index in [1.165, 1.54) is 43.2 Å². The molecule has 0 fully saturated rings. The average Bonchev–Trinajstić information content (AvgIpc) is 2.69. The maximum absolute atomic E-state index is 2.29. The lowest BCUT2D eigenvalue weighted by Crippen LogP contribution is -1.84. The van der Waals surface area contributed by atoms with E-state index >= 15 is 0 Å². The van der Waals surface area contributed by atoms with Crippen molar-refractivity contribution < 1.29 is 0 Å². The Morgan fingerprint density at radius 2 is 0.926 bits per heavy atom. The number of hydrogen-bond acceptors (Lipinski definition) is 1. The predicted octanol–water partition coefficient (Wildman–Crippen LogP) is 7.79. The Morgan fingerprint density at radius 3 is 1.37 bits per heavy atom. The van der Waals surface area contributed by atoms with E-state index in [4.69, 9.17) is 0 Å². The van der Waals surface area contributed by atoms with Gasteiger partial charge in [0, 0.05) is 9.79 Å². The van der Waals surface area contributed by atoms with Crippen LogP contribution in [0, 0.1) is 13.8 Å². The van der Waals surface area contributed by atoms with Crippen LogP contribution >= 0.6 is 11.8 Å². The van der Waals surface area contributed by atoms with Gasteiger partial charge in [0.2, 0.25) is 0 Å². The molecule has 132 valence electrons. The molecule has 0 bridgehead atoms. The van der Waals surface area contributed by atoms with E-state index in [0.717, 1.165) is 0 Å². The molecule has 0 unspecified atom stereocenters. The maximum Gasteiger partial charge on any atom is 0.0128 e. The summed E-state index contributed by atoms with van der Waals surface area (Å²) >= 11 is 1.82. The summed E-state index contributed by atoms with van der Waals surface area (Å²) in [5, 5.41) is 0. The van der Waals surface area contributed by atoms with Crippen LogP contribution in [0.3, 0.4) is 0 Å². The lowest BCUT2D eigenvalue weighted by atomic mass is 10.0. The molecule has 0 aliphatic rings. The number of rotatable bonds is 4. The summed E-state index contributed by atoms with van der Waals surface area (Å²) in [6, 6.07) is 34.7. The van der Waals surface area contributed by atoms with Crippen LogP contribution < -0.4 is 0 Å². The van der Waals surface area contributed by atoms with Gasteiger partial charge in [0.15, 0.2) is 0 Å². The largest absolute Gasteiger partial charge is 0.0901 e. The second-order valence-electron chi connectivity index (χ2n) is 6.79. The highest BCUT2D eigenvalue weighted by Gasteiger charge is 2.06. The van der Waals surface area contributed by atoms with Gasteiger partial charge in [-0.3, -0.25) is 0 Å². The molecule has 4 aromatic carbocycles. The van der Waals surface area contributed by atoms with Crippen LogP contribution in [0.2, 0.25) is 0 Å². The van der Waals surface area contributed by atoms with E-state index in [-0.39, 0.29) is 0 Å². The zero-order chi connectivity index (χ0) is 18.6. The lowest BCUT2D eigenvalue weighted by molar-refractivity contribution is 1.38. The van der Waals surface area contributed by atoms with Gasteiger partial charge < -0.3 is 0 Å². The van der Waals surface area contributed by atoms with Gasteiger partial charge in [-0.25, -0.2) is 0 Å². The van der Waals surface area contributed by atoms with Crippen molar-refractivity contribution in [2.45, 2.75) is 23.6 Å². The number of hydrogen-bond donors (Lipinski definition) is 0. The first-order valence-corrected chi connectivity index (χ1v) is 10.0. The Balaban J connectivity index is 1.64. The summed E-state index contributed by atoms with van der Waals surface area (Å²) in [5.74, 6) is 0. The molecule has 0 amide bonds. The van der Waals surface area contributed by atoms with Crippen molar-refractivity contribution in [1.82, 2.24) is 0 Å². The van der Waals surface area contributed by atoms with E-state index in [1.807, 2.05) is 11.8 Å². The van der Waals surface area contributed by atoms with Gasteiger partial charge >= 0.3 is 0 Å². The van der Waals surface area contributed by atoms with Crippen LogP contribution in [-0.4, -0.2) is 0 Å². The molecule has 0 radical (unpaired) electrons. The number of benzene rings is 4. The summed E-state index contributed by atoms with van der Waals surface area (Å²) in [4.78, 5) is 2.52. The molecule has 0 spiro atoms. The molecular formula is C26H22S. The molecule has 0 nitrogen and oxygen atoms in total. The van der Waals surface area contributed by atoms with E-state index in [2.05, 4.69) is 111 Å². The number of aryl methyl sites for hydroxylation is 2. The third-order valence-electron chi connectivity index (χ3n) is 4.82. The molecule has 0 aromatic heterocycles. The molecule has 1 heteroatoms. The molecule has 0 heterocycles. The molecule has 4 aromatic rings. The van der Waals surface area contributed by atoms with Crippen molar-refractivity contribution in [3.8, 4) is 22.3 Å². The highest BCUT2D eigenvalue weighted by molar-refractivity contribution is 7.99. The van der Waals surface area contributed by atoms with E-state index in [0.29, 0.717) is 0 Å². The summed E-state index contributed by atoms with van der Waals surface area (Å²) in [5.41, 5.74) is 7.76. The van der Waals surface area contributed by atoms with Crippen LogP contribution in [-0.2, 0) is 0 Å². The van der Waals surface area contributed by atoms with E-state index in [9.17, 15) is 0 Å². The summed E-state index contributed by atoms with van der Waals surface area (Å²) in [7, 11) is 0. The lowest BCUT2D eigenvalue weighted by Gasteiger charge is -2.10. The molecule has 0 saturated carbocycles. The fourth-order valence-electron chi connectivity index (χ4n) is 3.38. The van der Waals surface area contributed by atoms with Gasteiger partial charge in [0.25, 0.3) is 0 Å². The summed E-state index contributed by atoms with van der Waals surface area (Å²) < 4.78 is 0. The van der Waals surface area contributed by atoms with Crippen LogP contribution in [0.15, 0.2) is 107 Å². The third-order valence-corrected chi connectivity index (χ3v) is 5.80. The molecule has 0 aliphatic carbocycles. The standard InChI is InChI=1S/C26H22S/c1-19-9-3-5-15-25(19)21-11-7-13-23(17-21)27-24-14-8-12-22(18-24)26-16-6-4-10-20(26)2/h3-18H,1-2H3. The second kappa shape index (κ2) is 7.85. The summed E-state index contributed by atoms with van der Waals surface area (Å²) in [6.45, 7) is 4.33. The minimum atomic E-state index is 1.26. The van der Waals surface area contributed by atoms with Crippen LogP contribution in [0.4, 0.5) is 0 Å². The molecule has 0 saturated heterocycles. The minimum Gasteiger partial charge on any atom is -0.0901 e. The van der Waals surface area contributed by atoms with Crippen molar-refractivity contribution in [2.75, 3.05) is 0 Å². The minimum absolute atomic E-state index is 1.26. The normalized spacial score (nSPS) is 10.7. The van der Waals surface area contributed by atoms with Gasteiger partial charge in [0.1, 0.15) is 0 Å². The third kappa shape index (κ3) is 3.99. The Bertz CT molecular complexity index is 992. The molecule has 0 aliphatic heterocycles. The molecule has 0 N–H and O–H groups in total. The SMILES string of the molecule is Cc1ccccc1-c1cccc(Sc2cccc(-c3ccccc3C)c2)c1. The summed E-state index contributed by atoms with van der Waals surface area (Å²) in [6.07, 6.45) is 0. The van der Waals surface area contributed by atoms with E-state index < -0.39 is 0 Å². The van der Waals surface area contributed by atoms with Crippen molar-refractivity contribution in [3.05, 3.63) is 108 Å². The zero-order valence-corrected chi connectivity index (χ0v) is 16.5. The van der Waals surface area contributed by atoms with Crippen molar-refractivity contribution in [2.24, 2.45) is 0 Å². The Morgan fingerprint density at radius 1 is 0.481 bits per heavy atom.